The highest BCUT2D eigenvalue weighted by molar-refractivity contribution is 5.91. The summed E-state index contributed by atoms with van der Waals surface area (Å²) in [5.41, 5.74) is 3.98. The van der Waals surface area contributed by atoms with Crippen molar-refractivity contribution in [2.75, 3.05) is 6.61 Å². The van der Waals surface area contributed by atoms with E-state index in [2.05, 4.69) is 13.8 Å². The lowest BCUT2D eigenvalue weighted by atomic mass is 9.79. The van der Waals surface area contributed by atoms with E-state index in [1.807, 2.05) is 19.9 Å². The topological polar surface area (TPSA) is 39.2 Å². The lowest BCUT2D eigenvalue weighted by molar-refractivity contribution is 0.0524. The Morgan fingerprint density at radius 3 is 2.80 bits per heavy atom. The van der Waals surface area contributed by atoms with Crippen molar-refractivity contribution < 1.29 is 9.53 Å². The monoisotopic (exact) mass is 275 g/mol. The van der Waals surface area contributed by atoms with Crippen LogP contribution in [-0.2, 0) is 24.0 Å². The summed E-state index contributed by atoms with van der Waals surface area (Å²) in [7, 11) is 0. The molecule has 0 spiro atoms. The van der Waals surface area contributed by atoms with Crippen LogP contribution in [0.1, 0.15) is 61.4 Å². The Balaban J connectivity index is 2.35. The van der Waals surface area contributed by atoms with Crippen LogP contribution in [0.25, 0.3) is 0 Å². The quantitative estimate of drug-likeness (QED) is 0.788. The molecule has 0 fully saturated rings. The Morgan fingerprint density at radius 2 is 2.20 bits per heavy atom. The van der Waals surface area contributed by atoms with E-state index < -0.39 is 0 Å². The zero-order valence-corrected chi connectivity index (χ0v) is 13.0. The van der Waals surface area contributed by atoms with E-state index in [0.717, 1.165) is 25.0 Å². The molecular formula is C17H25NO2. The van der Waals surface area contributed by atoms with E-state index in [9.17, 15) is 4.79 Å². The van der Waals surface area contributed by atoms with Gasteiger partial charge < -0.3 is 4.74 Å². The lowest BCUT2D eigenvalue weighted by Gasteiger charge is -2.27. The third kappa shape index (κ3) is 3.02. The molecule has 0 amide bonds. The molecule has 1 aromatic heterocycles. The molecule has 1 unspecified atom stereocenters. The summed E-state index contributed by atoms with van der Waals surface area (Å²) in [6.07, 6.45) is 4.05. The van der Waals surface area contributed by atoms with Gasteiger partial charge in [0.1, 0.15) is 0 Å². The minimum Gasteiger partial charge on any atom is -0.462 e. The van der Waals surface area contributed by atoms with Crippen molar-refractivity contribution in [3.05, 3.63) is 28.6 Å². The summed E-state index contributed by atoms with van der Waals surface area (Å²) in [5, 5.41) is 0. The largest absolute Gasteiger partial charge is 0.462 e. The minimum absolute atomic E-state index is 0.230. The van der Waals surface area contributed by atoms with Crippen LogP contribution in [0.2, 0.25) is 0 Å². The molecule has 1 aliphatic carbocycles. The fourth-order valence-electron chi connectivity index (χ4n) is 2.96. The van der Waals surface area contributed by atoms with Crippen LogP contribution in [0.3, 0.4) is 0 Å². The average molecular weight is 275 g/mol. The van der Waals surface area contributed by atoms with Crippen molar-refractivity contribution in [3.8, 4) is 0 Å². The average Bonchev–Trinajstić information content (AvgIpc) is 2.45. The Morgan fingerprint density at radius 1 is 1.45 bits per heavy atom. The van der Waals surface area contributed by atoms with Crippen LogP contribution in [0.4, 0.5) is 0 Å². The van der Waals surface area contributed by atoms with Crippen molar-refractivity contribution >= 4 is 5.97 Å². The molecule has 0 radical (unpaired) electrons. The number of fused-ring (bicyclic) bond motifs is 1. The van der Waals surface area contributed by atoms with Gasteiger partial charge in [0, 0.05) is 5.69 Å². The molecule has 0 N–H and O–H groups in total. The zero-order valence-electron chi connectivity index (χ0n) is 13.0. The number of nitrogens with zero attached hydrogens (tertiary/aromatic N) is 1. The van der Waals surface area contributed by atoms with Crippen molar-refractivity contribution in [2.24, 2.45) is 11.8 Å². The van der Waals surface area contributed by atoms with E-state index in [-0.39, 0.29) is 5.97 Å². The molecule has 1 heterocycles. The van der Waals surface area contributed by atoms with Gasteiger partial charge in [-0.1, -0.05) is 20.8 Å². The summed E-state index contributed by atoms with van der Waals surface area (Å²) in [6.45, 7) is 8.83. The molecular weight excluding hydrogens is 250 g/mol. The summed E-state index contributed by atoms with van der Waals surface area (Å²) >= 11 is 0. The number of ether oxygens (including phenoxy) is 1. The number of hydrogen-bond donors (Lipinski definition) is 0. The normalized spacial score (nSPS) is 17.9. The molecule has 2 rings (SSSR count). The van der Waals surface area contributed by atoms with Gasteiger partial charge in [-0.05, 0) is 56.1 Å². The molecule has 20 heavy (non-hydrogen) atoms. The summed E-state index contributed by atoms with van der Waals surface area (Å²) < 4.78 is 5.16. The molecule has 110 valence electrons. The molecule has 1 aromatic rings. The molecule has 0 aliphatic heterocycles. The first-order valence-corrected chi connectivity index (χ1v) is 7.75. The summed E-state index contributed by atoms with van der Waals surface area (Å²) in [4.78, 5) is 16.8. The smallest absolute Gasteiger partial charge is 0.339 e. The van der Waals surface area contributed by atoms with Gasteiger partial charge in [0.25, 0.3) is 0 Å². The third-order valence-corrected chi connectivity index (χ3v) is 4.28. The van der Waals surface area contributed by atoms with Crippen molar-refractivity contribution in [2.45, 2.75) is 53.4 Å². The van der Waals surface area contributed by atoms with Crippen LogP contribution >= 0.6 is 0 Å². The fraction of sp³-hybridized carbons (Fsp3) is 0.647. The molecule has 0 saturated heterocycles. The van der Waals surface area contributed by atoms with Crippen molar-refractivity contribution in [1.29, 1.82) is 0 Å². The van der Waals surface area contributed by atoms with Gasteiger partial charge in [-0.3, -0.25) is 4.98 Å². The predicted octanol–water partition coefficient (Wildman–Crippen LogP) is 3.58. The van der Waals surface area contributed by atoms with Crippen LogP contribution in [0.15, 0.2) is 6.07 Å². The van der Waals surface area contributed by atoms with Gasteiger partial charge in [0.05, 0.1) is 17.9 Å². The SMILES string of the molecule is CCOC(=O)c1cc2c(nc1CC)CCC(C(C)C)C2. The van der Waals surface area contributed by atoms with Gasteiger partial charge in [0.2, 0.25) is 0 Å². The molecule has 1 aliphatic rings. The molecule has 3 nitrogen and oxygen atoms in total. The number of pyridine rings is 1. The second kappa shape index (κ2) is 6.38. The maximum atomic E-state index is 12.1. The first-order valence-electron chi connectivity index (χ1n) is 7.75. The van der Waals surface area contributed by atoms with Gasteiger partial charge in [-0.15, -0.1) is 0 Å². The number of carbonyl (C=O) groups is 1. The highest BCUT2D eigenvalue weighted by Crippen LogP contribution is 2.30. The Bertz CT molecular complexity index is 494. The van der Waals surface area contributed by atoms with Gasteiger partial charge in [-0.25, -0.2) is 4.79 Å². The first-order chi connectivity index (χ1) is 9.56. The lowest BCUT2D eigenvalue weighted by Crippen LogP contribution is -2.22. The Hall–Kier alpha value is -1.38. The number of rotatable bonds is 4. The summed E-state index contributed by atoms with van der Waals surface area (Å²) in [5.74, 6) is 1.15. The zero-order chi connectivity index (χ0) is 14.7. The standard InChI is InChI=1S/C17H25NO2/c1-5-15-14(17(19)20-6-2)10-13-9-12(11(3)4)7-8-16(13)18-15/h10-12H,5-9H2,1-4H3. The highest BCUT2D eigenvalue weighted by Gasteiger charge is 2.25. The number of aromatic nitrogens is 1. The maximum Gasteiger partial charge on any atom is 0.339 e. The summed E-state index contributed by atoms with van der Waals surface area (Å²) in [6, 6.07) is 2.04. The van der Waals surface area contributed by atoms with Gasteiger partial charge >= 0.3 is 5.97 Å². The highest BCUT2D eigenvalue weighted by atomic mass is 16.5. The van der Waals surface area contributed by atoms with Crippen LogP contribution in [-0.4, -0.2) is 17.6 Å². The van der Waals surface area contributed by atoms with E-state index in [0.29, 0.717) is 24.0 Å². The number of esters is 1. The number of carbonyl (C=O) groups excluding carboxylic acids is 1. The van der Waals surface area contributed by atoms with Gasteiger partial charge in [-0.2, -0.15) is 0 Å². The Labute approximate surface area is 121 Å². The van der Waals surface area contributed by atoms with Crippen LogP contribution in [0.5, 0.6) is 0 Å². The molecule has 0 saturated carbocycles. The minimum atomic E-state index is -0.230. The van der Waals surface area contributed by atoms with E-state index in [1.54, 1.807) is 0 Å². The van der Waals surface area contributed by atoms with Gasteiger partial charge in [0.15, 0.2) is 0 Å². The predicted molar refractivity (Wildman–Crippen MR) is 79.9 cm³/mol. The second-order valence-corrected chi connectivity index (χ2v) is 5.91. The molecule has 0 bridgehead atoms. The fourth-order valence-corrected chi connectivity index (χ4v) is 2.96. The number of aryl methyl sites for hydroxylation is 2. The van der Waals surface area contributed by atoms with Crippen molar-refractivity contribution in [1.82, 2.24) is 4.98 Å². The van der Waals surface area contributed by atoms with E-state index >= 15 is 0 Å². The van der Waals surface area contributed by atoms with E-state index in [1.165, 1.54) is 17.7 Å². The van der Waals surface area contributed by atoms with Crippen LogP contribution in [0, 0.1) is 11.8 Å². The third-order valence-electron chi connectivity index (χ3n) is 4.28. The van der Waals surface area contributed by atoms with Crippen LogP contribution < -0.4 is 0 Å². The maximum absolute atomic E-state index is 12.1. The second-order valence-electron chi connectivity index (χ2n) is 5.91. The molecule has 1 atom stereocenters. The first kappa shape index (κ1) is 15.0. The molecule has 3 heteroatoms. The number of hydrogen-bond acceptors (Lipinski definition) is 3. The Kier molecular flexibility index (Phi) is 4.79. The molecule has 0 aromatic carbocycles. The van der Waals surface area contributed by atoms with E-state index in [4.69, 9.17) is 9.72 Å². The van der Waals surface area contributed by atoms with Crippen molar-refractivity contribution in [3.63, 3.8) is 0 Å².